The molecule has 1 N–H and O–H groups in total. The summed E-state index contributed by atoms with van der Waals surface area (Å²) in [7, 11) is 0. The van der Waals surface area contributed by atoms with Crippen LogP contribution in [0.5, 0.6) is 0 Å². The number of benzene rings is 1. The summed E-state index contributed by atoms with van der Waals surface area (Å²) in [6.45, 7) is 0. The van der Waals surface area contributed by atoms with Crippen molar-refractivity contribution in [2.75, 3.05) is 0 Å². The Kier molecular flexibility index (Phi) is 4.62. The number of isothiocyanates is 1. The molecule has 1 aromatic carbocycles. The molecule has 0 bridgehead atoms. The quantitative estimate of drug-likeness (QED) is 0.670. The van der Waals surface area contributed by atoms with Crippen LogP contribution in [0.25, 0.3) is 0 Å². The van der Waals surface area contributed by atoms with Crippen molar-refractivity contribution in [1.82, 2.24) is 5.32 Å². The molecule has 2 atom stereocenters. The van der Waals surface area contributed by atoms with E-state index in [0.717, 1.165) is 25.7 Å². The summed E-state index contributed by atoms with van der Waals surface area (Å²) in [4.78, 5) is 16.2. The SMILES string of the molecule is O=C(N[C@@H]1CCCC[C@H]1N=C=S)c1ccccc1. The maximum atomic E-state index is 12.1. The number of carbonyl (C=O) groups is 1. The number of nitrogens with one attached hydrogen (secondary N) is 1. The van der Waals surface area contributed by atoms with Crippen molar-refractivity contribution in [3.05, 3.63) is 35.9 Å². The van der Waals surface area contributed by atoms with E-state index in [2.05, 4.69) is 27.7 Å². The first-order chi connectivity index (χ1) is 8.81. The van der Waals surface area contributed by atoms with Crippen molar-refractivity contribution in [1.29, 1.82) is 0 Å². The van der Waals surface area contributed by atoms with Crippen molar-refractivity contribution >= 4 is 23.3 Å². The minimum atomic E-state index is -0.0351. The largest absolute Gasteiger partial charge is 0.347 e. The predicted molar refractivity (Wildman–Crippen MR) is 75.0 cm³/mol. The second kappa shape index (κ2) is 6.43. The van der Waals surface area contributed by atoms with E-state index in [1.165, 1.54) is 0 Å². The number of nitrogens with zero attached hydrogens (tertiary/aromatic N) is 1. The molecule has 0 unspecified atom stereocenters. The number of hydrogen-bond acceptors (Lipinski definition) is 3. The van der Waals surface area contributed by atoms with Crippen molar-refractivity contribution in [2.24, 2.45) is 4.99 Å². The van der Waals surface area contributed by atoms with Gasteiger partial charge in [0.15, 0.2) is 0 Å². The van der Waals surface area contributed by atoms with Crippen LogP contribution in [-0.4, -0.2) is 23.2 Å². The smallest absolute Gasteiger partial charge is 0.251 e. The number of carbonyl (C=O) groups excluding carboxylic acids is 1. The highest BCUT2D eigenvalue weighted by molar-refractivity contribution is 7.78. The summed E-state index contributed by atoms with van der Waals surface area (Å²) in [5.41, 5.74) is 0.688. The minimum absolute atomic E-state index is 0.0351. The summed E-state index contributed by atoms with van der Waals surface area (Å²) < 4.78 is 0. The molecule has 0 heterocycles. The topological polar surface area (TPSA) is 41.5 Å². The lowest BCUT2D eigenvalue weighted by molar-refractivity contribution is 0.0922. The van der Waals surface area contributed by atoms with E-state index in [0.29, 0.717) is 5.56 Å². The second-order valence-electron chi connectivity index (χ2n) is 4.52. The molecule has 2 rings (SSSR count). The molecule has 94 valence electrons. The van der Waals surface area contributed by atoms with E-state index in [1.807, 2.05) is 30.3 Å². The van der Waals surface area contributed by atoms with E-state index >= 15 is 0 Å². The molecule has 0 radical (unpaired) electrons. The van der Waals surface area contributed by atoms with Gasteiger partial charge in [0.1, 0.15) is 0 Å². The van der Waals surface area contributed by atoms with Gasteiger partial charge in [0.05, 0.1) is 17.2 Å². The fraction of sp³-hybridized carbons (Fsp3) is 0.429. The van der Waals surface area contributed by atoms with Crippen molar-refractivity contribution < 1.29 is 4.79 Å². The zero-order valence-electron chi connectivity index (χ0n) is 10.1. The first-order valence-electron chi connectivity index (χ1n) is 6.24. The van der Waals surface area contributed by atoms with Gasteiger partial charge >= 0.3 is 0 Å². The van der Waals surface area contributed by atoms with E-state index in [9.17, 15) is 4.79 Å². The Bertz CT molecular complexity index is 454. The number of thiocarbonyl (C=S) groups is 1. The van der Waals surface area contributed by atoms with Gasteiger partial charge in [0.2, 0.25) is 0 Å². The number of aliphatic imine (C=N–C) groups is 1. The van der Waals surface area contributed by atoms with Crippen LogP contribution in [0.15, 0.2) is 35.3 Å². The number of rotatable bonds is 3. The third-order valence-electron chi connectivity index (χ3n) is 3.30. The third-order valence-corrected chi connectivity index (χ3v) is 3.41. The lowest BCUT2D eigenvalue weighted by Crippen LogP contribution is -2.44. The van der Waals surface area contributed by atoms with Crippen molar-refractivity contribution in [3.8, 4) is 0 Å². The van der Waals surface area contributed by atoms with Crippen LogP contribution in [0.2, 0.25) is 0 Å². The van der Waals surface area contributed by atoms with Crippen LogP contribution < -0.4 is 5.32 Å². The van der Waals surface area contributed by atoms with Crippen LogP contribution in [0.3, 0.4) is 0 Å². The Hall–Kier alpha value is -1.51. The molecule has 4 heteroatoms. The summed E-state index contributed by atoms with van der Waals surface area (Å²) in [6.07, 6.45) is 4.21. The molecule has 1 saturated carbocycles. The van der Waals surface area contributed by atoms with Gasteiger partial charge in [-0.2, -0.15) is 0 Å². The van der Waals surface area contributed by atoms with Crippen LogP contribution in [-0.2, 0) is 0 Å². The van der Waals surface area contributed by atoms with Crippen LogP contribution in [0.1, 0.15) is 36.0 Å². The van der Waals surface area contributed by atoms with Gasteiger partial charge in [0, 0.05) is 5.56 Å². The van der Waals surface area contributed by atoms with Gasteiger partial charge in [0.25, 0.3) is 5.91 Å². The molecule has 1 amide bonds. The molecule has 1 aliphatic rings. The molecule has 3 nitrogen and oxygen atoms in total. The zero-order chi connectivity index (χ0) is 12.8. The molecule has 1 aliphatic carbocycles. The number of amides is 1. The number of hydrogen-bond donors (Lipinski definition) is 1. The lowest BCUT2D eigenvalue weighted by Gasteiger charge is -2.28. The second-order valence-corrected chi connectivity index (χ2v) is 4.70. The van der Waals surface area contributed by atoms with Gasteiger partial charge in [-0.25, -0.2) is 4.99 Å². The molecule has 1 fully saturated rings. The third kappa shape index (κ3) is 3.25. The Morgan fingerprint density at radius 2 is 2.00 bits per heavy atom. The highest BCUT2D eigenvalue weighted by Gasteiger charge is 2.26. The molecular formula is C14H16N2OS. The highest BCUT2D eigenvalue weighted by atomic mass is 32.1. The van der Waals surface area contributed by atoms with Crippen LogP contribution in [0.4, 0.5) is 0 Å². The zero-order valence-corrected chi connectivity index (χ0v) is 11.0. The van der Waals surface area contributed by atoms with Gasteiger partial charge in [-0.15, -0.1) is 0 Å². The van der Waals surface area contributed by atoms with Crippen LogP contribution in [0, 0.1) is 0 Å². The minimum Gasteiger partial charge on any atom is -0.347 e. The van der Waals surface area contributed by atoms with E-state index < -0.39 is 0 Å². The van der Waals surface area contributed by atoms with Gasteiger partial charge in [-0.3, -0.25) is 4.79 Å². The van der Waals surface area contributed by atoms with Gasteiger partial charge in [-0.1, -0.05) is 31.0 Å². The Morgan fingerprint density at radius 3 is 2.72 bits per heavy atom. The average Bonchev–Trinajstić information content (AvgIpc) is 2.42. The molecule has 1 aromatic rings. The van der Waals surface area contributed by atoms with Gasteiger partial charge in [-0.05, 0) is 37.2 Å². The fourth-order valence-corrected chi connectivity index (χ4v) is 2.48. The monoisotopic (exact) mass is 260 g/mol. The first-order valence-corrected chi connectivity index (χ1v) is 6.65. The van der Waals surface area contributed by atoms with Crippen molar-refractivity contribution in [2.45, 2.75) is 37.8 Å². The van der Waals surface area contributed by atoms with E-state index in [4.69, 9.17) is 0 Å². The Labute approximate surface area is 112 Å². The molecule has 0 spiro atoms. The Morgan fingerprint density at radius 1 is 1.28 bits per heavy atom. The fourth-order valence-electron chi connectivity index (χ4n) is 2.34. The van der Waals surface area contributed by atoms with Crippen LogP contribution >= 0.6 is 12.2 Å². The normalized spacial score (nSPS) is 22.9. The summed E-state index contributed by atoms with van der Waals surface area (Å²) in [6, 6.07) is 9.43. The molecule has 0 saturated heterocycles. The van der Waals surface area contributed by atoms with Gasteiger partial charge < -0.3 is 5.32 Å². The summed E-state index contributed by atoms with van der Waals surface area (Å²) >= 11 is 4.66. The average molecular weight is 260 g/mol. The predicted octanol–water partition coefficient (Wildman–Crippen LogP) is 2.83. The first kappa shape index (κ1) is 12.9. The van der Waals surface area contributed by atoms with E-state index in [1.54, 1.807) is 0 Å². The van der Waals surface area contributed by atoms with E-state index in [-0.39, 0.29) is 18.0 Å². The highest BCUT2D eigenvalue weighted by Crippen LogP contribution is 2.21. The molecule has 18 heavy (non-hydrogen) atoms. The summed E-state index contributed by atoms with van der Waals surface area (Å²) in [5.74, 6) is -0.0351. The van der Waals surface area contributed by atoms with Crippen molar-refractivity contribution in [3.63, 3.8) is 0 Å². The Balaban J connectivity index is 2.03. The maximum Gasteiger partial charge on any atom is 0.251 e. The lowest BCUT2D eigenvalue weighted by atomic mass is 9.90. The standard InChI is InChI=1S/C14H16N2OS/c17-14(11-6-2-1-3-7-11)16-13-9-5-4-8-12(13)15-10-18/h1-3,6-7,12-13H,4-5,8-9H2,(H,16,17)/t12-,13-/m1/s1. The summed E-state index contributed by atoms with van der Waals surface area (Å²) in [5, 5.41) is 5.49. The molecule has 0 aliphatic heterocycles. The maximum absolute atomic E-state index is 12.1. The molecular weight excluding hydrogens is 244 g/mol. The molecule has 0 aromatic heterocycles.